The Morgan fingerprint density at radius 2 is 1.91 bits per heavy atom. The number of benzene rings is 2. The van der Waals surface area contributed by atoms with Crippen molar-refractivity contribution in [3.63, 3.8) is 0 Å². The van der Waals surface area contributed by atoms with E-state index in [4.69, 9.17) is 4.74 Å². The number of nitrogens with zero attached hydrogens (tertiary/aromatic N) is 1. The van der Waals surface area contributed by atoms with E-state index in [1.165, 1.54) is 25.5 Å². The van der Waals surface area contributed by atoms with Crippen LogP contribution >= 0.6 is 22.6 Å². The van der Waals surface area contributed by atoms with Crippen LogP contribution in [-0.2, 0) is 10.0 Å². The molecule has 0 unspecified atom stereocenters. The highest BCUT2D eigenvalue weighted by molar-refractivity contribution is 14.1. The summed E-state index contributed by atoms with van der Waals surface area (Å²) in [5.41, 5.74) is 1.56. The Balaban J connectivity index is 2.18. The van der Waals surface area contributed by atoms with E-state index in [1.807, 2.05) is 29.5 Å². The Bertz CT molecular complexity index is 833. The maximum Gasteiger partial charge on any atom is 0.276 e. The highest BCUT2D eigenvalue weighted by Gasteiger charge is 2.12. The summed E-state index contributed by atoms with van der Waals surface area (Å²) in [6.07, 6.45) is 1.34. The summed E-state index contributed by atoms with van der Waals surface area (Å²) in [4.78, 5) is 2.29. The molecule has 23 heavy (non-hydrogen) atoms. The molecule has 0 heterocycles. The molecular formula is C15H15IN2O4S. The van der Waals surface area contributed by atoms with E-state index in [1.54, 1.807) is 24.3 Å². The van der Waals surface area contributed by atoms with Gasteiger partial charge >= 0.3 is 0 Å². The van der Waals surface area contributed by atoms with Crippen LogP contribution in [0.25, 0.3) is 0 Å². The summed E-state index contributed by atoms with van der Waals surface area (Å²) in [7, 11) is -2.27. The lowest BCUT2D eigenvalue weighted by atomic mass is 10.2. The van der Waals surface area contributed by atoms with Crippen LogP contribution in [0.5, 0.6) is 11.5 Å². The Morgan fingerprint density at radius 1 is 1.26 bits per heavy atom. The largest absolute Gasteiger partial charge is 0.504 e. The van der Waals surface area contributed by atoms with Gasteiger partial charge in [-0.1, -0.05) is 17.7 Å². The van der Waals surface area contributed by atoms with Gasteiger partial charge in [-0.3, -0.25) is 0 Å². The van der Waals surface area contributed by atoms with Crippen LogP contribution in [0.3, 0.4) is 0 Å². The zero-order chi connectivity index (χ0) is 17.0. The van der Waals surface area contributed by atoms with Gasteiger partial charge in [0.05, 0.1) is 21.8 Å². The molecule has 2 N–H and O–H groups in total. The number of halogens is 1. The summed E-state index contributed by atoms with van der Waals surface area (Å²) in [5.74, 6) is 0.324. The molecule has 0 amide bonds. The Morgan fingerprint density at radius 3 is 2.52 bits per heavy atom. The van der Waals surface area contributed by atoms with E-state index in [9.17, 15) is 13.5 Å². The first-order chi connectivity index (χ1) is 10.8. The fraction of sp³-hybridized carbons (Fsp3) is 0.133. The molecular weight excluding hydrogens is 431 g/mol. The number of nitrogens with one attached hydrogen (secondary N) is 1. The molecule has 2 aromatic carbocycles. The van der Waals surface area contributed by atoms with Gasteiger partial charge in [0, 0.05) is 0 Å². The van der Waals surface area contributed by atoms with Crippen LogP contribution in [0, 0.1) is 10.5 Å². The molecule has 0 spiro atoms. The van der Waals surface area contributed by atoms with Crippen molar-refractivity contribution in [1.29, 1.82) is 0 Å². The third-order valence-corrected chi connectivity index (χ3v) is 5.05. The average molecular weight is 446 g/mol. The molecule has 0 radical (unpaired) electrons. The zero-order valence-corrected chi connectivity index (χ0v) is 15.4. The van der Waals surface area contributed by atoms with Crippen molar-refractivity contribution in [3.05, 3.63) is 51.1 Å². The molecule has 0 saturated carbocycles. The number of ether oxygens (including phenoxy) is 1. The molecule has 0 aromatic heterocycles. The van der Waals surface area contributed by atoms with E-state index < -0.39 is 10.0 Å². The summed E-state index contributed by atoms with van der Waals surface area (Å²) < 4.78 is 29.8. The highest BCUT2D eigenvalue weighted by atomic mass is 127. The summed E-state index contributed by atoms with van der Waals surface area (Å²) >= 11 is 1.95. The van der Waals surface area contributed by atoms with Crippen LogP contribution in [0.15, 0.2) is 46.4 Å². The van der Waals surface area contributed by atoms with Gasteiger partial charge in [0.2, 0.25) is 0 Å². The second-order valence-corrected chi connectivity index (χ2v) is 7.54. The molecule has 0 saturated heterocycles. The summed E-state index contributed by atoms with van der Waals surface area (Å²) in [6, 6.07) is 9.67. The van der Waals surface area contributed by atoms with Gasteiger partial charge in [-0.05, 0) is 59.3 Å². The van der Waals surface area contributed by atoms with Gasteiger partial charge < -0.3 is 9.84 Å². The first-order valence-electron chi connectivity index (χ1n) is 6.51. The minimum absolute atomic E-state index is 0.0329. The van der Waals surface area contributed by atoms with Gasteiger partial charge in [-0.2, -0.15) is 13.5 Å². The molecule has 0 fully saturated rings. The maximum atomic E-state index is 12.1. The molecule has 0 bridgehead atoms. The van der Waals surface area contributed by atoms with Gasteiger partial charge in [-0.25, -0.2) is 4.83 Å². The second-order valence-electron chi connectivity index (χ2n) is 4.72. The second kappa shape index (κ2) is 7.18. The van der Waals surface area contributed by atoms with Crippen molar-refractivity contribution in [2.75, 3.05) is 7.11 Å². The van der Waals surface area contributed by atoms with Crippen LogP contribution in [0.1, 0.15) is 11.1 Å². The normalized spacial score (nSPS) is 11.6. The van der Waals surface area contributed by atoms with Crippen molar-refractivity contribution < 1.29 is 18.3 Å². The van der Waals surface area contributed by atoms with E-state index in [2.05, 4.69) is 9.93 Å². The lowest BCUT2D eigenvalue weighted by Crippen LogP contribution is -2.18. The first-order valence-corrected chi connectivity index (χ1v) is 9.08. The van der Waals surface area contributed by atoms with Crippen LogP contribution < -0.4 is 9.57 Å². The number of phenolic OH excluding ortho intramolecular Hbond substituents is 1. The number of phenols is 1. The molecule has 0 atom stereocenters. The molecule has 0 aliphatic rings. The minimum atomic E-state index is -3.71. The van der Waals surface area contributed by atoms with Gasteiger partial charge in [0.1, 0.15) is 0 Å². The first kappa shape index (κ1) is 17.5. The minimum Gasteiger partial charge on any atom is -0.504 e. The van der Waals surface area contributed by atoms with Crippen LogP contribution in [-0.4, -0.2) is 26.8 Å². The fourth-order valence-electron chi connectivity index (χ4n) is 1.76. The molecule has 2 rings (SSSR count). The standard InChI is InChI=1S/C15H15IN2O4S/c1-10-3-5-12(6-4-10)23(20,21)18-17-9-11-7-13(16)15(19)14(8-11)22-2/h3-9,18-19H,1-2H3/b17-9+. The lowest BCUT2D eigenvalue weighted by molar-refractivity contribution is 0.371. The summed E-state index contributed by atoms with van der Waals surface area (Å²) in [5, 5.41) is 13.5. The number of rotatable bonds is 5. The maximum absolute atomic E-state index is 12.1. The summed E-state index contributed by atoms with van der Waals surface area (Å²) in [6.45, 7) is 1.88. The number of methoxy groups -OCH3 is 1. The van der Waals surface area contributed by atoms with E-state index in [-0.39, 0.29) is 10.6 Å². The lowest BCUT2D eigenvalue weighted by Gasteiger charge is -2.06. The average Bonchev–Trinajstić information content (AvgIpc) is 2.51. The van der Waals surface area contributed by atoms with Crippen LogP contribution in [0.4, 0.5) is 0 Å². The molecule has 0 aliphatic carbocycles. The molecule has 6 nitrogen and oxygen atoms in total. The van der Waals surface area contributed by atoms with Crippen LogP contribution in [0.2, 0.25) is 0 Å². The van der Waals surface area contributed by atoms with Gasteiger partial charge in [-0.15, -0.1) is 0 Å². The molecule has 0 aliphatic heterocycles. The van der Waals surface area contributed by atoms with E-state index in [0.717, 1.165) is 5.56 Å². The quantitative estimate of drug-likeness (QED) is 0.420. The van der Waals surface area contributed by atoms with E-state index >= 15 is 0 Å². The highest BCUT2D eigenvalue weighted by Crippen LogP contribution is 2.31. The number of aromatic hydroxyl groups is 1. The number of hydrazone groups is 1. The fourth-order valence-corrected chi connectivity index (χ4v) is 3.18. The van der Waals surface area contributed by atoms with Gasteiger partial charge in [0.25, 0.3) is 10.0 Å². The molecule has 8 heteroatoms. The molecule has 122 valence electrons. The Kier molecular flexibility index (Phi) is 5.47. The van der Waals surface area contributed by atoms with Crippen molar-refractivity contribution in [2.24, 2.45) is 5.10 Å². The van der Waals surface area contributed by atoms with Crippen molar-refractivity contribution >= 4 is 38.8 Å². The number of hydrogen-bond acceptors (Lipinski definition) is 5. The van der Waals surface area contributed by atoms with E-state index in [0.29, 0.717) is 14.9 Å². The SMILES string of the molecule is COc1cc(/C=N/NS(=O)(=O)c2ccc(C)cc2)cc(I)c1O. The zero-order valence-electron chi connectivity index (χ0n) is 12.4. The number of hydrogen-bond donors (Lipinski definition) is 2. The third-order valence-electron chi connectivity index (χ3n) is 2.99. The van der Waals surface area contributed by atoms with Crippen molar-refractivity contribution in [1.82, 2.24) is 4.83 Å². The third kappa shape index (κ3) is 4.35. The smallest absolute Gasteiger partial charge is 0.276 e. The van der Waals surface area contributed by atoms with Gasteiger partial charge in [0.15, 0.2) is 11.5 Å². The number of aryl methyl sites for hydroxylation is 1. The number of sulfonamides is 1. The molecule has 2 aromatic rings. The van der Waals surface area contributed by atoms with Crippen molar-refractivity contribution in [3.8, 4) is 11.5 Å². The Labute approximate surface area is 148 Å². The van der Waals surface area contributed by atoms with Crippen molar-refractivity contribution in [2.45, 2.75) is 11.8 Å². The predicted octanol–water partition coefficient (Wildman–Crippen LogP) is 2.63. The topological polar surface area (TPSA) is 88.0 Å². The monoisotopic (exact) mass is 446 g/mol. The Hall–Kier alpha value is -1.81. The predicted molar refractivity (Wildman–Crippen MR) is 96.5 cm³/mol.